The molecule has 2 atom stereocenters. The van der Waals surface area contributed by atoms with Crippen LogP contribution in [0.25, 0.3) is 0 Å². The quantitative estimate of drug-likeness (QED) is 0.795. The molecule has 6 nitrogen and oxygen atoms in total. The van der Waals surface area contributed by atoms with E-state index in [1.807, 2.05) is 25.1 Å². The van der Waals surface area contributed by atoms with Crippen molar-refractivity contribution in [3.05, 3.63) is 53.0 Å². The molecule has 0 radical (unpaired) electrons. The van der Waals surface area contributed by atoms with E-state index in [2.05, 4.69) is 10.6 Å². The van der Waals surface area contributed by atoms with Gasteiger partial charge >= 0.3 is 0 Å². The van der Waals surface area contributed by atoms with Crippen molar-refractivity contribution < 1.29 is 19.1 Å². The number of hydrogen-bond donors (Lipinski definition) is 3. The molecule has 6 heteroatoms. The molecule has 0 bridgehead atoms. The number of carbonyl (C=O) groups excluding carboxylic acids is 2. The van der Waals surface area contributed by atoms with E-state index in [-0.39, 0.29) is 24.8 Å². The highest BCUT2D eigenvalue weighted by Gasteiger charge is 2.33. The second-order valence-electron chi connectivity index (χ2n) is 6.71. The van der Waals surface area contributed by atoms with Gasteiger partial charge in [-0.15, -0.1) is 0 Å². The summed E-state index contributed by atoms with van der Waals surface area (Å²) >= 11 is 0. The van der Waals surface area contributed by atoms with Gasteiger partial charge in [0.2, 0.25) is 11.8 Å². The summed E-state index contributed by atoms with van der Waals surface area (Å²) in [5.41, 5.74) is 0.835. The molecule has 0 saturated carbocycles. The van der Waals surface area contributed by atoms with Crippen molar-refractivity contribution >= 4 is 17.5 Å². The maximum atomic E-state index is 12.6. The SMILES string of the molecule is Cc1cc([C@](C)(O)CNC(=O)[C@@H]2CC(=O)Nc3ccccc32)c(C)o1. The molecule has 0 unspecified atom stereocenters. The molecule has 1 aromatic carbocycles. The number of benzene rings is 1. The lowest BCUT2D eigenvalue weighted by atomic mass is 9.89. The highest BCUT2D eigenvalue weighted by Crippen LogP contribution is 2.32. The molecular formula is C19H22N2O4. The summed E-state index contributed by atoms with van der Waals surface area (Å²) in [6, 6.07) is 9.03. The van der Waals surface area contributed by atoms with Crippen molar-refractivity contribution in [3.63, 3.8) is 0 Å². The van der Waals surface area contributed by atoms with Gasteiger partial charge in [0, 0.05) is 17.7 Å². The van der Waals surface area contributed by atoms with Crippen molar-refractivity contribution in [2.24, 2.45) is 0 Å². The number of furan rings is 1. The second kappa shape index (κ2) is 6.37. The molecule has 2 amide bonds. The molecule has 1 aromatic heterocycles. The summed E-state index contributed by atoms with van der Waals surface area (Å²) in [6.45, 7) is 5.25. The molecule has 3 N–H and O–H groups in total. The van der Waals surface area contributed by atoms with Crippen molar-refractivity contribution in [1.29, 1.82) is 0 Å². The van der Waals surface area contributed by atoms with Crippen LogP contribution in [0, 0.1) is 13.8 Å². The molecule has 0 saturated heterocycles. The van der Waals surface area contributed by atoms with Crippen molar-refractivity contribution in [3.8, 4) is 0 Å². The first-order valence-electron chi connectivity index (χ1n) is 8.24. The van der Waals surface area contributed by atoms with E-state index in [0.717, 1.165) is 5.56 Å². The zero-order chi connectivity index (χ0) is 18.2. The summed E-state index contributed by atoms with van der Waals surface area (Å²) < 4.78 is 5.46. The Labute approximate surface area is 146 Å². The van der Waals surface area contributed by atoms with Gasteiger partial charge in [-0.1, -0.05) is 18.2 Å². The van der Waals surface area contributed by atoms with Crippen LogP contribution in [-0.2, 0) is 15.2 Å². The van der Waals surface area contributed by atoms with Crippen LogP contribution in [0.15, 0.2) is 34.7 Å². The Balaban J connectivity index is 1.75. The molecule has 1 aliphatic rings. The lowest BCUT2D eigenvalue weighted by Gasteiger charge is -2.27. The Bertz CT molecular complexity index is 823. The number of anilines is 1. The second-order valence-corrected chi connectivity index (χ2v) is 6.71. The van der Waals surface area contributed by atoms with Crippen molar-refractivity contribution in [2.45, 2.75) is 38.7 Å². The van der Waals surface area contributed by atoms with Crippen LogP contribution < -0.4 is 10.6 Å². The molecule has 0 spiro atoms. The number of hydrogen-bond acceptors (Lipinski definition) is 4. The minimum atomic E-state index is -1.26. The Kier molecular flexibility index (Phi) is 4.39. The molecular weight excluding hydrogens is 320 g/mol. The van der Waals surface area contributed by atoms with Crippen LogP contribution >= 0.6 is 0 Å². The fraction of sp³-hybridized carbons (Fsp3) is 0.368. The van der Waals surface area contributed by atoms with E-state index in [1.54, 1.807) is 26.0 Å². The minimum Gasteiger partial charge on any atom is -0.466 e. The van der Waals surface area contributed by atoms with Gasteiger partial charge in [-0.2, -0.15) is 0 Å². The fourth-order valence-electron chi connectivity index (χ4n) is 3.29. The average molecular weight is 342 g/mol. The summed E-state index contributed by atoms with van der Waals surface area (Å²) in [5.74, 6) is 0.302. The number of carbonyl (C=O) groups is 2. The normalized spacial score (nSPS) is 18.9. The van der Waals surface area contributed by atoms with E-state index >= 15 is 0 Å². The smallest absolute Gasteiger partial charge is 0.228 e. The molecule has 2 heterocycles. The van der Waals surface area contributed by atoms with Crippen LogP contribution in [0.4, 0.5) is 5.69 Å². The lowest BCUT2D eigenvalue weighted by molar-refractivity contribution is -0.127. The lowest BCUT2D eigenvalue weighted by Crippen LogP contribution is -2.42. The fourth-order valence-corrected chi connectivity index (χ4v) is 3.29. The predicted octanol–water partition coefficient (Wildman–Crippen LogP) is 2.35. The van der Waals surface area contributed by atoms with E-state index in [1.165, 1.54) is 0 Å². The number of para-hydroxylation sites is 1. The first kappa shape index (κ1) is 17.2. The van der Waals surface area contributed by atoms with Gasteiger partial charge in [-0.05, 0) is 38.5 Å². The monoisotopic (exact) mass is 342 g/mol. The summed E-state index contributed by atoms with van der Waals surface area (Å²) in [5, 5.41) is 16.3. The van der Waals surface area contributed by atoms with Crippen LogP contribution in [0.2, 0.25) is 0 Å². The number of nitrogens with one attached hydrogen (secondary N) is 2. The summed E-state index contributed by atoms with van der Waals surface area (Å²) in [6.07, 6.45) is 0.0921. The summed E-state index contributed by atoms with van der Waals surface area (Å²) in [4.78, 5) is 24.5. The van der Waals surface area contributed by atoms with Crippen LogP contribution in [0.1, 0.15) is 41.9 Å². The molecule has 1 aliphatic heterocycles. The minimum absolute atomic E-state index is 0.0337. The standard InChI is InChI=1S/C19H22N2O4/c1-11-8-15(12(2)25-11)19(3,24)10-20-18(23)14-9-17(22)21-16-7-5-4-6-13(14)16/h4-8,14,24H,9-10H2,1-3H3,(H,20,23)(H,21,22)/t14-,19-/m1/s1. The van der Waals surface area contributed by atoms with E-state index < -0.39 is 11.5 Å². The van der Waals surface area contributed by atoms with Gasteiger partial charge in [-0.3, -0.25) is 9.59 Å². The largest absolute Gasteiger partial charge is 0.466 e. The number of rotatable bonds is 4. The van der Waals surface area contributed by atoms with Crippen LogP contribution in [-0.4, -0.2) is 23.5 Å². The topological polar surface area (TPSA) is 91.6 Å². The average Bonchev–Trinajstić information content (AvgIpc) is 2.91. The molecule has 0 aliphatic carbocycles. The van der Waals surface area contributed by atoms with Gasteiger partial charge in [0.15, 0.2) is 0 Å². The molecule has 2 aromatic rings. The molecule has 3 rings (SSSR count). The number of aryl methyl sites for hydroxylation is 2. The van der Waals surface area contributed by atoms with E-state index in [9.17, 15) is 14.7 Å². The predicted molar refractivity (Wildman–Crippen MR) is 93.2 cm³/mol. The third kappa shape index (κ3) is 3.44. The Morgan fingerprint density at radius 3 is 2.80 bits per heavy atom. The first-order chi connectivity index (χ1) is 11.8. The maximum absolute atomic E-state index is 12.6. The van der Waals surface area contributed by atoms with Gasteiger partial charge in [-0.25, -0.2) is 0 Å². The van der Waals surface area contributed by atoms with Crippen molar-refractivity contribution in [1.82, 2.24) is 5.32 Å². The maximum Gasteiger partial charge on any atom is 0.228 e. The van der Waals surface area contributed by atoms with Crippen LogP contribution in [0.3, 0.4) is 0 Å². The van der Waals surface area contributed by atoms with Gasteiger partial charge < -0.3 is 20.2 Å². The van der Waals surface area contributed by atoms with Gasteiger partial charge in [0.05, 0.1) is 12.5 Å². The van der Waals surface area contributed by atoms with E-state index in [4.69, 9.17) is 4.42 Å². The zero-order valence-corrected chi connectivity index (χ0v) is 14.6. The third-order valence-electron chi connectivity index (χ3n) is 4.54. The number of fused-ring (bicyclic) bond motifs is 1. The highest BCUT2D eigenvalue weighted by molar-refractivity contribution is 6.01. The Hall–Kier alpha value is -2.60. The number of aliphatic hydroxyl groups is 1. The van der Waals surface area contributed by atoms with Gasteiger partial charge in [0.25, 0.3) is 0 Å². The third-order valence-corrected chi connectivity index (χ3v) is 4.54. The number of amides is 2. The first-order valence-corrected chi connectivity index (χ1v) is 8.24. The van der Waals surface area contributed by atoms with Crippen LogP contribution in [0.5, 0.6) is 0 Å². The molecule has 0 fully saturated rings. The highest BCUT2D eigenvalue weighted by atomic mass is 16.3. The Morgan fingerprint density at radius 2 is 2.12 bits per heavy atom. The molecule has 132 valence electrons. The van der Waals surface area contributed by atoms with Crippen molar-refractivity contribution in [2.75, 3.05) is 11.9 Å². The summed E-state index contributed by atoms with van der Waals surface area (Å²) in [7, 11) is 0. The molecule has 25 heavy (non-hydrogen) atoms. The van der Waals surface area contributed by atoms with E-state index in [0.29, 0.717) is 22.8 Å². The Morgan fingerprint density at radius 1 is 1.40 bits per heavy atom. The zero-order valence-electron chi connectivity index (χ0n) is 14.6. The van der Waals surface area contributed by atoms with Gasteiger partial charge in [0.1, 0.15) is 17.1 Å².